The van der Waals surface area contributed by atoms with Crippen LogP contribution < -0.4 is 9.03 Å². The molecular formula is C13H11FN2S. The number of fused-ring (bicyclic) bond motifs is 1. The van der Waals surface area contributed by atoms with Gasteiger partial charge in [0.1, 0.15) is 5.82 Å². The predicted molar refractivity (Wildman–Crippen MR) is 69.4 cm³/mol. The van der Waals surface area contributed by atoms with Crippen LogP contribution in [0.15, 0.2) is 48.5 Å². The molecule has 0 aromatic heterocycles. The van der Waals surface area contributed by atoms with Crippen LogP contribution in [0.5, 0.6) is 0 Å². The molecule has 4 heteroatoms. The molecule has 2 nitrogen and oxygen atoms in total. The lowest BCUT2D eigenvalue weighted by molar-refractivity contribution is 0.628. The number of halogens is 1. The van der Waals surface area contributed by atoms with Gasteiger partial charge in [-0.1, -0.05) is 18.2 Å². The molecule has 17 heavy (non-hydrogen) atoms. The number of nitrogens with zero attached hydrogens (tertiary/aromatic N) is 1. The fraction of sp³-hybridized carbons (Fsp3) is 0.0769. The Balaban J connectivity index is 2.03. The van der Waals surface area contributed by atoms with E-state index < -0.39 is 0 Å². The van der Waals surface area contributed by atoms with Crippen LogP contribution in [0.4, 0.5) is 15.8 Å². The minimum Gasteiger partial charge on any atom is -0.271 e. The smallest absolute Gasteiger partial charge is 0.123 e. The van der Waals surface area contributed by atoms with Gasteiger partial charge in [0.15, 0.2) is 0 Å². The van der Waals surface area contributed by atoms with E-state index in [2.05, 4.69) is 21.2 Å². The van der Waals surface area contributed by atoms with Crippen molar-refractivity contribution in [1.82, 2.24) is 4.72 Å². The predicted octanol–water partition coefficient (Wildman–Crippen LogP) is 3.63. The summed E-state index contributed by atoms with van der Waals surface area (Å²) >= 11 is 1.53. The van der Waals surface area contributed by atoms with Crippen molar-refractivity contribution in [3.05, 3.63) is 59.9 Å². The third-order valence-electron chi connectivity index (χ3n) is 2.69. The lowest BCUT2D eigenvalue weighted by Gasteiger charge is -2.29. The number of nitrogens with one attached hydrogen (secondary N) is 1. The van der Waals surface area contributed by atoms with Crippen molar-refractivity contribution >= 4 is 23.5 Å². The highest BCUT2D eigenvalue weighted by atomic mass is 32.2. The molecule has 0 saturated carbocycles. The van der Waals surface area contributed by atoms with Crippen LogP contribution in [0.1, 0.15) is 5.56 Å². The average molecular weight is 246 g/mol. The van der Waals surface area contributed by atoms with Crippen LogP contribution in [0.2, 0.25) is 0 Å². The van der Waals surface area contributed by atoms with Crippen LogP contribution in [-0.2, 0) is 6.54 Å². The molecule has 1 aliphatic rings. The molecule has 0 atom stereocenters. The molecule has 0 bridgehead atoms. The van der Waals surface area contributed by atoms with Crippen LogP contribution in [0.3, 0.4) is 0 Å². The summed E-state index contributed by atoms with van der Waals surface area (Å²) in [5.41, 5.74) is 3.37. The fourth-order valence-corrected chi connectivity index (χ4v) is 2.70. The molecule has 0 radical (unpaired) electrons. The van der Waals surface area contributed by atoms with E-state index in [1.807, 2.05) is 12.1 Å². The average Bonchev–Trinajstić information content (AvgIpc) is 2.39. The second-order valence-electron chi connectivity index (χ2n) is 3.81. The van der Waals surface area contributed by atoms with Gasteiger partial charge in [-0.2, -0.15) is 0 Å². The van der Waals surface area contributed by atoms with Crippen molar-refractivity contribution in [3.8, 4) is 0 Å². The maximum atomic E-state index is 12.9. The number of hydrogen-bond acceptors (Lipinski definition) is 3. The van der Waals surface area contributed by atoms with E-state index >= 15 is 0 Å². The highest BCUT2D eigenvalue weighted by molar-refractivity contribution is 7.99. The summed E-state index contributed by atoms with van der Waals surface area (Å²) < 4.78 is 18.2. The van der Waals surface area contributed by atoms with Crippen molar-refractivity contribution < 1.29 is 4.39 Å². The summed E-state index contributed by atoms with van der Waals surface area (Å²) in [6.45, 7) is 0.846. The second kappa shape index (κ2) is 4.39. The molecule has 0 saturated heterocycles. The Hall–Kier alpha value is -1.52. The van der Waals surface area contributed by atoms with E-state index in [0.717, 1.165) is 17.9 Å². The van der Waals surface area contributed by atoms with Gasteiger partial charge in [0.2, 0.25) is 0 Å². The van der Waals surface area contributed by atoms with Gasteiger partial charge in [-0.05, 0) is 35.9 Å². The van der Waals surface area contributed by atoms with Crippen molar-refractivity contribution in [3.63, 3.8) is 0 Å². The molecule has 1 heterocycles. The van der Waals surface area contributed by atoms with Gasteiger partial charge in [0.25, 0.3) is 0 Å². The molecule has 1 N–H and O–H groups in total. The van der Waals surface area contributed by atoms with Crippen LogP contribution in [-0.4, -0.2) is 0 Å². The minimum absolute atomic E-state index is 0.211. The summed E-state index contributed by atoms with van der Waals surface area (Å²) in [4.78, 5) is 0. The summed E-state index contributed by atoms with van der Waals surface area (Å²) in [6, 6.07) is 14.7. The number of hydrogen-bond donors (Lipinski definition) is 1. The maximum absolute atomic E-state index is 12.9. The molecule has 3 rings (SSSR count). The highest BCUT2D eigenvalue weighted by Crippen LogP contribution is 2.36. The summed E-state index contributed by atoms with van der Waals surface area (Å²) in [6.07, 6.45) is 0. The van der Waals surface area contributed by atoms with Gasteiger partial charge in [-0.3, -0.25) is 4.31 Å². The Kier molecular flexibility index (Phi) is 2.74. The molecule has 2 aromatic carbocycles. The third kappa shape index (κ3) is 2.01. The molecular weight excluding hydrogens is 235 g/mol. The SMILES string of the molecule is Fc1ccc(N2SNCc3ccccc32)cc1. The Morgan fingerprint density at radius 3 is 2.65 bits per heavy atom. The van der Waals surface area contributed by atoms with Crippen molar-refractivity contribution in [2.75, 3.05) is 4.31 Å². The zero-order chi connectivity index (χ0) is 11.7. The van der Waals surface area contributed by atoms with Crippen LogP contribution >= 0.6 is 12.1 Å². The molecule has 0 spiro atoms. The molecule has 0 fully saturated rings. The van der Waals surface area contributed by atoms with Crippen LogP contribution in [0, 0.1) is 5.82 Å². The van der Waals surface area contributed by atoms with E-state index in [-0.39, 0.29) is 5.82 Å². The number of anilines is 2. The van der Waals surface area contributed by atoms with Crippen molar-refractivity contribution in [2.24, 2.45) is 0 Å². The summed E-state index contributed by atoms with van der Waals surface area (Å²) in [5.74, 6) is -0.211. The van der Waals surface area contributed by atoms with Crippen molar-refractivity contribution in [1.29, 1.82) is 0 Å². The van der Waals surface area contributed by atoms with Gasteiger partial charge in [-0.25, -0.2) is 9.11 Å². The Morgan fingerprint density at radius 1 is 1.06 bits per heavy atom. The normalized spacial score (nSPS) is 14.5. The Labute approximate surface area is 104 Å². The number of benzene rings is 2. The van der Waals surface area contributed by atoms with Gasteiger partial charge in [-0.15, -0.1) is 0 Å². The number of rotatable bonds is 1. The van der Waals surface area contributed by atoms with Crippen LogP contribution in [0.25, 0.3) is 0 Å². The Morgan fingerprint density at radius 2 is 1.82 bits per heavy atom. The zero-order valence-electron chi connectivity index (χ0n) is 9.06. The highest BCUT2D eigenvalue weighted by Gasteiger charge is 2.18. The van der Waals surface area contributed by atoms with E-state index in [1.165, 1.54) is 29.8 Å². The van der Waals surface area contributed by atoms with Gasteiger partial charge < -0.3 is 0 Å². The van der Waals surface area contributed by atoms with E-state index in [4.69, 9.17) is 0 Å². The first-order valence-corrected chi connectivity index (χ1v) is 6.15. The largest absolute Gasteiger partial charge is 0.271 e. The first-order chi connectivity index (χ1) is 8.34. The quantitative estimate of drug-likeness (QED) is 0.773. The molecule has 86 valence electrons. The second-order valence-corrected chi connectivity index (χ2v) is 4.65. The van der Waals surface area contributed by atoms with Gasteiger partial charge in [0, 0.05) is 18.7 Å². The monoisotopic (exact) mass is 246 g/mol. The van der Waals surface area contributed by atoms with E-state index in [9.17, 15) is 4.39 Å². The van der Waals surface area contributed by atoms with Gasteiger partial charge >= 0.3 is 0 Å². The molecule has 0 unspecified atom stereocenters. The molecule has 0 amide bonds. The van der Waals surface area contributed by atoms with Crippen molar-refractivity contribution in [2.45, 2.75) is 6.54 Å². The fourth-order valence-electron chi connectivity index (χ4n) is 1.85. The topological polar surface area (TPSA) is 15.3 Å². The lowest BCUT2D eigenvalue weighted by Crippen LogP contribution is -2.22. The molecule has 1 aliphatic heterocycles. The Bertz CT molecular complexity index is 527. The standard InChI is InChI=1S/C13H11FN2S/c14-11-5-7-12(8-6-11)16-13-4-2-1-3-10(13)9-15-17-16/h1-8,15H,9H2. The first kappa shape index (κ1) is 10.6. The number of para-hydroxylation sites is 1. The minimum atomic E-state index is -0.211. The zero-order valence-corrected chi connectivity index (χ0v) is 9.88. The summed E-state index contributed by atoms with van der Waals surface area (Å²) in [7, 11) is 0. The molecule has 2 aromatic rings. The maximum Gasteiger partial charge on any atom is 0.123 e. The van der Waals surface area contributed by atoms with E-state index in [1.54, 1.807) is 12.1 Å². The van der Waals surface area contributed by atoms with E-state index in [0.29, 0.717) is 0 Å². The molecule has 0 aliphatic carbocycles. The summed E-state index contributed by atoms with van der Waals surface area (Å²) in [5, 5.41) is 0. The lowest BCUT2D eigenvalue weighted by atomic mass is 10.1. The third-order valence-corrected chi connectivity index (χ3v) is 3.55. The first-order valence-electron chi connectivity index (χ1n) is 5.38. The van der Waals surface area contributed by atoms with Gasteiger partial charge in [0.05, 0.1) is 11.4 Å².